The average molecular weight is 228 g/mol. The Kier molecular flexibility index (Phi) is 5.09. The molecule has 0 bridgehead atoms. The molecule has 0 heterocycles. The summed E-state index contributed by atoms with van der Waals surface area (Å²) in [6, 6.07) is 8.26. The van der Waals surface area contributed by atoms with Crippen molar-refractivity contribution in [2.75, 3.05) is 20.2 Å². The summed E-state index contributed by atoms with van der Waals surface area (Å²) in [4.78, 5) is 2.22. The standard InChI is InChI=1S/C12H18ClNO/c1-10(14(2)8-3-9-15)11-4-6-12(13)7-5-11/h4-7,10,15H,3,8-9H2,1-2H3. The highest BCUT2D eigenvalue weighted by Crippen LogP contribution is 2.20. The van der Waals surface area contributed by atoms with E-state index < -0.39 is 0 Å². The third-order valence-electron chi connectivity index (χ3n) is 2.68. The minimum atomic E-state index is 0.248. The van der Waals surface area contributed by atoms with E-state index in [2.05, 4.69) is 18.9 Å². The molecule has 0 fully saturated rings. The van der Waals surface area contributed by atoms with Gasteiger partial charge in [-0.15, -0.1) is 0 Å². The molecule has 1 aromatic rings. The SMILES string of the molecule is CC(c1ccc(Cl)cc1)N(C)CCCO. The molecule has 1 unspecified atom stereocenters. The van der Waals surface area contributed by atoms with Crippen molar-refractivity contribution in [2.45, 2.75) is 19.4 Å². The van der Waals surface area contributed by atoms with E-state index in [4.69, 9.17) is 16.7 Å². The lowest BCUT2D eigenvalue weighted by atomic mass is 10.1. The van der Waals surface area contributed by atoms with Crippen molar-refractivity contribution >= 4 is 11.6 Å². The Hall–Kier alpha value is -0.570. The summed E-state index contributed by atoms with van der Waals surface area (Å²) in [6.45, 7) is 3.30. The highest BCUT2D eigenvalue weighted by atomic mass is 35.5. The molecule has 0 aliphatic rings. The van der Waals surface area contributed by atoms with Gasteiger partial charge in [-0.3, -0.25) is 4.90 Å². The van der Waals surface area contributed by atoms with E-state index in [1.54, 1.807) is 0 Å². The smallest absolute Gasteiger partial charge is 0.0443 e. The van der Waals surface area contributed by atoms with Gasteiger partial charge in [-0.1, -0.05) is 23.7 Å². The van der Waals surface area contributed by atoms with Crippen LogP contribution in [0.1, 0.15) is 24.9 Å². The fraction of sp³-hybridized carbons (Fsp3) is 0.500. The van der Waals surface area contributed by atoms with Gasteiger partial charge in [0, 0.05) is 24.2 Å². The maximum Gasteiger partial charge on any atom is 0.0443 e. The van der Waals surface area contributed by atoms with Gasteiger partial charge in [0.25, 0.3) is 0 Å². The number of nitrogens with zero attached hydrogens (tertiary/aromatic N) is 1. The maximum atomic E-state index is 8.76. The fourth-order valence-corrected chi connectivity index (χ4v) is 1.64. The van der Waals surface area contributed by atoms with Gasteiger partial charge in [0.2, 0.25) is 0 Å². The Labute approximate surface area is 96.5 Å². The molecule has 0 radical (unpaired) electrons. The largest absolute Gasteiger partial charge is 0.396 e. The quantitative estimate of drug-likeness (QED) is 0.836. The lowest BCUT2D eigenvalue weighted by Crippen LogP contribution is -2.24. The topological polar surface area (TPSA) is 23.5 Å². The van der Waals surface area contributed by atoms with Crippen LogP contribution in [-0.2, 0) is 0 Å². The van der Waals surface area contributed by atoms with Crippen LogP contribution in [-0.4, -0.2) is 30.2 Å². The van der Waals surface area contributed by atoms with Crippen LogP contribution in [0, 0.1) is 0 Å². The molecule has 1 aromatic carbocycles. The number of benzene rings is 1. The highest BCUT2D eigenvalue weighted by molar-refractivity contribution is 6.30. The molecule has 84 valence electrons. The van der Waals surface area contributed by atoms with Crippen LogP contribution in [0.5, 0.6) is 0 Å². The summed E-state index contributed by atoms with van der Waals surface area (Å²) in [6.07, 6.45) is 0.814. The zero-order valence-corrected chi connectivity index (χ0v) is 10.0. The summed E-state index contributed by atoms with van der Waals surface area (Å²) in [7, 11) is 2.06. The molecule has 0 aromatic heterocycles. The van der Waals surface area contributed by atoms with Crippen molar-refractivity contribution in [3.8, 4) is 0 Å². The minimum absolute atomic E-state index is 0.248. The number of hydrogen-bond acceptors (Lipinski definition) is 2. The van der Waals surface area contributed by atoms with Gasteiger partial charge in [-0.05, 0) is 38.1 Å². The van der Waals surface area contributed by atoms with Gasteiger partial charge in [0.15, 0.2) is 0 Å². The van der Waals surface area contributed by atoms with Gasteiger partial charge in [-0.25, -0.2) is 0 Å². The summed E-state index contributed by atoms with van der Waals surface area (Å²) in [5.41, 5.74) is 1.25. The predicted octanol–water partition coefficient (Wildman–Crippen LogP) is 2.72. The van der Waals surface area contributed by atoms with Crippen LogP contribution in [0.25, 0.3) is 0 Å². The second-order valence-electron chi connectivity index (χ2n) is 3.79. The predicted molar refractivity (Wildman–Crippen MR) is 64.2 cm³/mol. The van der Waals surface area contributed by atoms with Gasteiger partial charge >= 0.3 is 0 Å². The molecule has 0 amide bonds. The van der Waals surface area contributed by atoms with Gasteiger partial charge in [0.1, 0.15) is 0 Å². The molecule has 2 nitrogen and oxygen atoms in total. The summed E-state index contributed by atoms with van der Waals surface area (Å²) < 4.78 is 0. The lowest BCUT2D eigenvalue weighted by Gasteiger charge is -2.24. The van der Waals surface area contributed by atoms with E-state index in [1.165, 1.54) is 5.56 Å². The van der Waals surface area contributed by atoms with E-state index in [0.29, 0.717) is 6.04 Å². The first-order chi connectivity index (χ1) is 7.15. The molecule has 1 atom stereocenters. The van der Waals surface area contributed by atoms with Crippen LogP contribution >= 0.6 is 11.6 Å². The Morgan fingerprint density at radius 2 is 1.93 bits per heavy atom. The molecule has 15 heavy (non-hydrogen) atoms. The van der Waals surface area contributed by atoms with E-state index in [9.17, 15) is 0 Å². The average Bonchev–Trinajstić information content (AvgIpc) is 2.26. The molecular formula is C12H18ClNO. The zero-order valence-electron chi connectivity index (χ0n) is 9.28. The van der Waals surface area contributed by atoms with Crippen LogP contribution in [0.2, 0.25) is 5.02 Å². The summed E-state index contributed by atoms with van der Waals surface area (Å²) in [5, 5.41) is 9.53. The number of halogens is 1. The van der Waals surface area contributed by atoms with Gasteiger partial charge in [-0.2, -0.15) is 0 Å². The summed E-state index contributed by atoms with van der Waals surface area (Å²) >= 11 is 5.83. The molecule has 0 saturated heterocycles. The zero-order chi connectivity index (χ0) is 11.3. The third kappa shape index (κ3) is 3.82. The molecule has 1 rings (SSSR count). The molecular weight excluding hydrogens is 210 g/mol. The minimum Gasteiger partial charge on any atom is -0.396 e. The van der Waals surface area contributed by atoms with E-state index >= 15 is 0 Å². The number of rotatable bonds is 5. The summed E-state index contributed by atoms with van der Waals surface area (Å²) in [5.74, 6) is 0. The number of aliphatic hydroxyl groups excluding tert-OH is 1. The number of hydrogen-bond donors (Lipinski definition) is 1. The molecule has 0 aliphatic carbocycles. The van der Waals surface area contributed by atoms with Crippen LogP contribution in [0.3, 0.4) is 0 Å². The Morgan fingerprint density at radius 3 is 2.47 bits per heavy atom. The van der Waals surface area contributed by atoms with Crippen molar-refractivity contribution < 1.29 is 5.11 Å². The molecule has 0 saturated carbocycles. The van der Waals surface area contributed by atoms with E-state index in [1.807, 2.05) is 24.3 Å². The second-order valence-corrected chi connectivity index (χ2v) is 4.22. The Bertz CT molecular complexity index is 286. The Morgan fingerprint density at radius 1 is 1.33 bits per heavy atom. The third-order valence-corrected chi connectivity index (χ3v) is 2.93. The second kappa shape index (κ2) is 6.11. The van der Waals surface area contributed by atoms with Crippen molar-refractivity contribution in [3.05, 3.63) is 34.9 Å². The van der Waals surface area contributed by atoms with Crippen molar-refractivity contribution in [1.82, 2.24) is 4.90 Å². The maximum absolute atomic E-state index is 8.76. The van der Waals surface area contributed by atoms with Crippen LogP contribution in [0.4, 0.5) is 0 Å². The van der Waals surface area contributed by atoms with Crippen molar-refractivity contribution in [3.63, 3.8) is 0 Å². The van der Waals surface area contributed by atoms with Gasteiger partial charge < -0.3 is 5.11 Å². The molecule has 3 heteroatoms. The fourth-order valence-electron chi connectivity index (χ4n) is 1.51. The normalized spacial score (nSPS) is 13.1. The molecule has 0 spiro atoms. The van der Waals surface area contributed by atoms with Gasteiger partial charge in [0.05, 0.1) is 0 Å². The first-order valence-electron chi connectivity index (χ1n) is 5.21. The lowest BCUT2D eigenvalue weighted by molar-refractivity contribution is 0.216. The van der Waals surface area contributed by atoms with Crippen LogP contribution < -0.4 is 0 Å². The van der Waals surface area contributed by atoms with E-state index in [0.717, 1.165) is 18.0 Å². The number of aliphatic hydroxyl groups is 1. The first-order valence-corrected chi connectivity index (χ1v) is 5.59. The molecule has 0 aliphatic heterocycles. The highest BCUT2D eigenvalue weighted by Gasteiger charge is 2.10. The van der Waals surface area contributed by atoms with E-state index in [-0.39, 0.29) is 6.61 Å². The van der Waals surface area contributed by atoms with Crippen molar-refractivity contribution in [1.29, 1.82) is 0 Å². The monoisotopic (exact) mass is 227 g/mol. The first kappa shape index (κ1) is 12.5. The van der Waals surface area contributed by atoms with Crippen LogP contribution in [0.15, 0.2) is 24.3 Å². The Balaban J connectivity index is 2.59. The van der Waals surface area contributed by atoms with Crippen molar-refractivity contribution in [2.24, 2.45) is 0 Å². The molecule has 1 N–H and O–H groups in total.